The average molecular weight is 317 g/mol. The van der Waals surface area contributed by atoms with Crippen LogP contribution in [0.5, 0.6) is 5.75 Å². The highest BCUT2D eigenvalue weighted by Crippen LogP contribution is 2.18. The predicted octanol–water partition coefficient (Wildman–Crippen LogP) is 4.09. The van der Waals surface area contributed by atoms with Gasteiger partial charge in [0.05, 0.1) is 19.0 Å². The van der Waals surface area contributed by atoms with E-state index in [-0.39, 0.29) is 0 Å². The SMILES string of the molecule is [C-]#[N+]c1ccc(C=NN=Cc2ccc(OC(=O)C=C)c(C)c2)cc1. The Labute approximate surface area is 140 Å². The van der Waals surface area contributed by atoms with Gasteiger partial charge in [0.2, 0.25) is 0 Å². The first kappa shape index (κ1) is 16.8. The van der Waals surface area contributed by atoms with E-state index in [9.17, 15) is 4.79 Å². The number of hydrogen-bond donors (Lipinski definition) is 0. The van der Waals surface area contributed by atoms with Crippen molar-refractivity contribution in [3.05, 3.63) is 83.2 Å². The van der Waals surface area contributed by atoms with Crippen molar-refractivity contribution >= 4 is 24.1 Å². The van der Waals surface area contributed by atoms with E-state index < -0.39 is 5.97 Å². The fourth-order valence-electron chi connectivity index (χ4n) is 1.85. The summed E-state index contributed by atoms with van der Waals surface area (Å²) in [4.78, 5) is 14.5. The van der Waals surface area contributed by atoms with Crippen LogP contribution in [0.1, 0.15) is 16.7 Å². The van der Waals surface area contributed by atoms with Crippen LogP contribution in [-0.2, 0) is 4.79 Å². The van der Waals surface area contributed by atoms with Crippen LogP contribution in [0.4, 0.5) is 5.69 Å². The van der Waals surface area contributed by atoms with Crippen molar-refractivity contribution in [1.82, 2.24) is 0 Å². The molecule has 0 fully saturated rings. The number of ether oxygens (including phenoxy) is 1. The first-order valence-corrected chi connectivity index (χ1v) is 7.11. The molecular weight excluding hydrogens is 302 g/mol. The number of esters is 1. The normalized spacial score (nSPS) is 10.7. The number of carbonyl (C=O) groups is 1. The molecule has 0 bridgehead atoms. The second-order valence-corrected chi connectivity index (χ2v) is 4.84. The first-order valence-electron chi connectivity index (χ1n) is 7.11. The number of rotatable bonds is 5. The predicted molar refractivity (Wildman–Crippen MR) is 94.9 cm³/mol. The Hall–Kier alpha value is -3.52. The number of benzene rings is 2. The second-order valence-electron chi connectivity index (χ2n) is 4.84. The summed E-state index contributed by atoms with van der Waals surface area (Å²) in [5.41, 5.74) is 3.10. The fraction of sp³-hybridized carbons (Fsp3) is 0.0526. The molecule has 2 aromatic carbocycles. The van der Waals surface area contributed by atoms with Gasteiger partial charge in [0, 0.05) is 6.08 Å². The van der Waals surface area contributed by atoms with Crippen LogP contribution in [0.15, 0.2) is 65.3 Å². The summed E-state index contributed by atoms with van der Waals surface area (Å²) in [5, 5.41) is 7.96. The minimum absolute atomic E-state index is 0.487. The van der Waals surface area contributed by atoms with E-state index >= 15 is 0 Å². The van der Waals surface area contributed by atoms with Crippen molar-refractivity contribution in [2.45, 2.75) is 6.92 Å². The van der Waals surface area contributed by atoms with E-state index in [2.05, 4.69) is 21.6 Å². The number of nitrogens with zero attached hydrogens (tertiary/aromatic N) is 3. The van der Waals surface area contributed by atoms with Crippen LogP contribution in [0, 0.1) is 13.5 Å². The van der Waals surface area contributed by atoms with Gasteiger partial charge < -0.3 is 4.74 Å². The summed E-state index contributed by atoms with van der Waals surface area (Å²) in [6.45, 7) is 12.1. The molecule has 5 nitrogen and oxygen atoms in total. The molecule has 0 atom stereocenters. The van der Waals surface area contributed by atoms with E-state index in [4.69, 9.17) is 11.3 Å². The van der Waals surface area contributed by atoms with Gasteiger partial charge in [0.15, 0.2) is 5.69 Å². The topological polar surface area (TPSA) is 55.4 Å². The highest BCUT2D eigenvalue weighted by atomic mass is 16.5. The molecule has 0 amide bonds. The lowest BCUT2D eigenvalue weighted by atomic mass is 10.1. The standard InChI is InChI=1S/C19H15N3O2/c1-4-19(23)24-18-10-7-16(11-14(18)2)13-22-21-12-15-5-8-17(20-3)9-6-15/h4-13H,1H2,2H3. The molecule has 0 aromatic heterocycles. The molecule has 24 heavy (non-hydrogen) atoms. The summed E-state index contributed by atoms with van der Waals surface area (Å²) < 4.78 is 5.10. The third-order valence-electron chi connectivity index (χ3n) is 3.08. The summed E-state index contributed by atoms with van der Waals surface area (Å²) in [6, 6.07) is 12.4. The van der Waals surface area contributed by atoms with Crippen molar-refractivity contribution in [2.24, 2.45) is 10.2 Å². The zero-order valence-corrected chi connectivity index (χ0v) is 13.1. The van der Waals surface area contributed by atoms with Crippen LogP contribution >= 0.6 is 0 Å². The Morgan fingerprint density at radius 3 is 2.33 bits per heavy atom. The summed E-state index contributed by atoms with van der Waals surface area (Å²) >= 11 is 0. The number of aryl methyl sites for hydroxylation is 1. The Kier molecular flexibility index (Phi) is 5.76. The Morgan fingerprint density at radius 1 is 1.12 bits per heavy atom. The molecule has 0 radical (unpaired) electrons. The molecule has 0 saturated heterocycles. The molecule has 118 valence electrons. The molecule has 5 heteroatoms. The zero-order valence-electron chi connectivity index (χ0n) is 13.1. The van der Waals surface area contributed by atoms with Gasteiger partial charge in [-0.2, -0.15) is 10.2 Å². The molecule has 0 heterocycles. The second kappa shape index (κ2) is 8.20. The molecule has 0 aliphatic heterocycles. The van der Waals surface area contributed by atoms with E-state index in [1.807, 2.05) is 13.0 Å². The Bertz CT molecular complexity index is 844. The van der Waals surface area contributed by atoms with Crippen molar-refractivity contribution in [2.75, 3.05) is 0 Å². The van der Waals surface area contributed by atoms with Gasteiger partial charge in [-0.25, -0.2) is 9.64 Å². The minimum atomic E-state index is -0.492. The van der Waals surface area contributed by atoms with Gasteiger partial charge in [0.25, 0.3) is 0 Å². The average Bonchev–Trinajstić information content (AvgIpc) is 2.61. The van der Waals surface area contributed by atoms with E-state index in [1.54, 1.807) is 48.8 Å². The van der Waals surface area contributed by atoms with Crippen LogP contribution in [0.25, 0.3) is 4.85 Å². The monoisotopic (exact) mass is 317 g/mol. The molecule has 0 aliphatic carbocycles. The number of hydrogen-bond acceptors (Lipinski definition) is 4. The lowest BCUT2D eigenvalue weighted by molar-refractivity contribution is -0.129. The van der Waals surface area contributed by atoms with Crippen LogP contribution in [0.2, 0.25) is 0 Å². The molecule has 0 aliphatic rings. The minimum Gasteiger partial charge on any atom is -0.423 e. The third kappa shape index (κ3) is 4.75. The first-order chi connectivity index (χ1) is 11.6. The lowest BCUT2D eigenvalue weighted by Crippen LogP contribution is -2.04. The van der Waals surface area contributed by atoms with Gasteiger partial charge in [-0.15, -0.1) is 0 Å². The largest absolute Gasteiger partial charge is 0.423 e. The molecule has 2 aromatic rings. The van der Waals surface area contributed by atoms with Gasteiger partial charge >= 0.3 is 5.97 Å². The van der Waals surface area contributed by atoms with Gasteiger partial charge in [-0.1, -0.05) is 30.8 Å². The lowest BCUT2D eigenvalue weighted by Gasteiger charge is -2.05. The fourth-order valence-corrected chi connectivity index (χ4v) is 1.85. The van der Waals surface area contributed by atoms with Crippen LogP contribution < -0.4 is 4.74 Å². The highest BCUT2D eigenvalue weighted by molar-refractivity contribution is 5.85. The summed E-state index contributed by atoms with van der Waals surface area (Å²) in [7, 11) is 0. The molecule has 0 N–H and O–H groups in total. The Morgan fingerprint density at radius 2 is 1.75 bits per heavy atom. The highest BCUT2D eigenvalue weighted by Gasteiger charge is 2.03. The van der Waals surface area contributed by atoms with Crippen molar-refractivity contribution in [3.63, 3.8) is 0 Å². The molecular formula is C19H15N3O2. The molecule has 0 saturated carbocycles. The van der Waals surface area contributed by atoms with Crippen LogP contribution in [-0.4, -0.2) is 18.4 Å². The number of carbonyl (C=O) groups excluding carboxylic acids is 1. The van der Waals surface area contributed by atoms with Crippen molar-refractivity contribution in [1.29, 1.82) is 0 Å². The van der Waals surface area contributed by atoms with Gasteiger partial charge in [-0.3, -0.25) is 0 Å². The summed E-state index contributed by atoms with van der Waals surface area (Å²) in [5.74, 6) is -0.00574. The third-order valence-corrected chi connectivity index (χ3v) is 3.08. The maximum atomic E-state index is 11.2. The zero-order chi connectivity index (χ0) is 17.4. The maximum absolute atomic E-state index is 11.2. The van der Waals surface area contributed by atoms with E-state index in [0.717, 1.165) is 22.8 Å². The smallest absolute Gasteiger partial charge is 0.335 e. The molecule has 0 unspecified atom stereocenters. The quantitative estimate of drug-likeness (QED) is 0.208. The molecule has 0 spiro atoms. The van der Waals surface area contributed by atoms with Gasteiger partial charge in [0.1, 0.15) is 5.75 Å². The van der Waals surface area contributed by atoms with Gasteiger partial charge in [-0.05, 0) is 41.8 Å². The maximum Gasteiger partial charge on any atom is 0.335 e. The van der Waals surface area contributed by atoms with Crippen molar-refractivity contribution < 1.29 is 9.53 Å². The van der Waals surface area contributed by atoms with E-state index in [0.29, 0.717) is 11.4 Å². The van der Waals surface area contributed by atoms with E-state index in [1.165, 1.54) is 0 Å². The van der Waals surface area contributed by atoms with Crippen molar-refractivity contribution in [3.8, 4) is 5.75 Å². The summed E-state index contributed by atoms with van der Waals surface area (Å²) in [6.07, 6.45) is 4.33. The van der Waals surface area contributed by atoms with Crippen LogP contribution in [0.3, 0.4) is 0 Å². The Balaban J connectivity index is 2.02. The molecule has 2 rings (SSSR count).